The standard InChI is InChI=1S/C23H15F4N5O3/c1-33-20-7-12(5-6-19(20)34-23(26)27)16-8-13(35-31-16)10-32-11-18-17(9-28-32)29-22(30-18)14-3-2-4-15(24)21(14)25/h2-9,11,23H,10H2,1H3. The molecule has 0 saturated carbocycles. The number of halogens is 4. The molecule has 0 saturated heterocycles. The van der Waals surface area contributed by atoms with Gasteiger partial charge < -0.3 is 14.0 Å². The van der Waals surface area contributed by atoms with Crippen molar-refractivity contribution in [2.45, 2.75) is 13.2 Å². The second kappa shape index (κ2) is 9.05. The van der Waals surface area contributed by atoms with Crippen LogP contribution >= 0.6 is 0 Å². The summed E-state index contributed by atoms with van der Waals surface area (Å²) < 4.78 is 69.2. The third-order valence-corrected chi connectivity index (χ3v) is 5.06. The molecule has 0 amide bonds. The molecule has 12 heteroatoms. The van der Waals surface area contributed by atoms with E-state index in [1.807, 2.05) is 0 Å². The summed E-state index contributed by atoms with van der Waals surface area (Å²) in [5.41, 5.74) is 1.80. The number of methoxy groups -OCH3 is 1. The van der Waals surface area contributed by atoms with Crippen LogP contribution in [0.2, 0.25) is 0 Å². The van der Waals surface area contributed by atoms with Crippen molar-refractivity contribution in [3.8, 4) is 45.5 Å². The topological polar surface area (TPSA) is 88.1 Å². The highest BCUT2D eigenvalue weighted by atomic mass is 19.3. The van der Waals surface area contributed by atoms with Crippen molar-refractivity contribution in [3.05, 3.63) is 72.3 Å². The van der Waals surface area contributed by atoms with Crippen LogP contribution in [0.5, 0.6) is 11.5 Å². The van der Waals surface area contributed by atoms with E-state index in [1.54, 1.807) is 18.3 Å². The van der Waals surface area contributed by atoms with Crippen LogP contribution in [0.1, 0.15) is 5.76 Å². The molecule has 0 fully saturated rings. The van der Waals surface area contributed by atoms with Gasteiger partial charge in [-0.25, -0.2) is 18.7 Å². The minimum atomic E-state index is -2.98. The molecular formula is C23H15F4N5O3. The van der Waals surface area contributed by atoms with Crippen LogP contribution in [-0.2, 0) is 6.54 Å². The fourth-order valence-corrected chi connectivity index (χ4v) is 3.45. The SMILES string of the molecule is COc1cc(-c2cc(Cn3cc4nc(-c5cccc(F)c5F)nc-4cn3)on2)ccc1OC(F)F. The Morgan fingerprint density at radius 3 is 2.63 bits per heavy atom. The van der Waals surface area contributed by atoms with Crippen molar-refractivity contribution in [2.75, 3.05) is 7.11 Å². The quantitative estimate of drug-likeness (QED) is 0.299. The summed E-state index contributed by atoms with van der Waals surface area (Å²) in [7, 11) is 1.34. The number of hydrogen-bond donors (Lipinski definition) is 0. The fraction of sp³-hybridized carbons (Fsp3) is 0.130. The first-order valence-corrected chi connectivity index (χ1v) is 10.1. The van der Waals surface area contributed by atoms with Gasteiger partial charge in [0.25, 0.3) is 0 Å². The minimum absolute atomic E-state index is 0.0479. The lowest BCUT2D eigenvalue weighted by Gasteiger charge is -2.10. The van der Waals surface area contributed by atoms with E-state index in [-0.39, 0.29) is 29.4 Å². The molecule has 0 N–H and O–H groups in total. The van der Waals surface area contributed by atoms with E-state index in [4.69, 9.17) is 9.26 Å². The Morgan fingerprint density at radius 1 is 1.00 bits per heavy atom. The molecule has 178 valence electrons. The smallest absolute Gasteiger partial charge is 0.387 e. The van der Waals surface area contributed by atoms with Crippen LogP contribution in [0, 0.1) is 11.6 Å². The molecule has 1 aromatic heterocycles. The summed E-state index contributed by atoms with van der Waals surface area (Å²) in [6.07, 6.45) is 3.04. The number of rotatable bonds is 7. The number of ether oxygens (including phenoxy) is 2. The Hall–Kier alpha value is -4.48. The molecule has 5 rings (SSSR count). The number of hydrogen-bond acceptors (Lipinski definition) is 7. The van der Waals surface area contributed by atoms with Crippen LogP contribution in [0.15, 0.2) is 59.4 Å². The predicted molar refractivity (Wildman–Crippen MR) is 114 cm³/mol. The molecule has 3 aromatic rings. The lowest BCUT2D eigenvalue weighted by Crippen LogP contribution is -2.04. The van der Waals surface area contributed by atoms with Gasteiger partial charge in [-0.15, -0.1) is 0 Å². The third kappa shape index (κ3) is 4.50. The molecule has 0 spiro atoms. The highest BCUT2D eigenvalue weighted by molar-refractivity contribution is 5.66. The summed E-state index contributed by atoms with van der Waals surface area (Å²) in [5.74, 6) is -1.50. The molecule has 0 atom stereocenters. The number of nitrogens with zero attached hydrogens (tertiary/aromatic N) is 5. The van der Waals surface area contributed by atoms with Crippen molar-refractivity contribution in [2.24, 2.45) is 0 Å². The molecule has 2 aliphatic heterocycles. The zero-order chi connectivity index (χ0) is 24.5. The van der Waals surface area contributed by atoms with Crippen LogP contribution in [0.25, 0.3) is 34.0 Å². The van der Waals surface area contributed by atoms with E-state index in [1.165, 1.54) is 42.3 Å². The summed E-state index contributed by atoms with van der Waals surface area (Å²) in [4.78, 5) is 8.50. The van der Waals surface area contributed by atoms with E-state index < -0.39 is 18.2 Å². The van der Waals surface area contributed by atoms with Gasteiger partial charge in [-0.2, -0.15) is 13.9 Å². The third-order valence-electron chi connectivity index (χ3n) is 5.06. The van der Waals surface area contributed by atoms with Crippen LogP contribution in [0.3, 0.4) is 0 Å². The molecule has 0 aliphatic carbocycles. The average molecular weight is 485 g/mol. The van der Waals surface area contributed by atoms with Gasteiger partial charge in [-0.3, -0.25) is 4.68 Å². The maximum absolute atomic E-state index is 14.1. The predicted octanol–water partition coefficient (Wildman–Crippen LogP) is 5.04. The van der Waals surface area contributed by atoms with Gasteiger partial charge in [0.1, 0.15) is 23.6 Å². The Balaban J connectivity index is 1.37. The van der Waals surface area contributed by atoms with E-state index in [2.05, 4.69) is 25.0 Å². The second-order valence-corrected chi connectivity index (χ2v) is 7.31. The molecule has 35 heavy (non-hydrogen) atoms. The maximum Gasteiger partial charge on any atom is 0.387 e. The zero-order valence-corrected chi connectivity index (χ0v) is 18.0. The van der Waals surface area contributed by atoms with Crippen molar-refractivity contribution < 1.29 is 31.6 Å². The molecule has 3 heterocycles. The monoisotopic (exact) mass is 485 g/mol. The molecule has 2 aliphatic rings. The highest BCUT2D eigenvalue weighted by Crippen LogP contribution is 2.33. The van der Waals surface area contributed by atoms with Gasteiger partial charge >= 0.3 is 6.61 Å². The summed E-state index contributed by atoms with van der Waals surface area (Å²) in [6, 6.07) is 9.85. The number of aromatic nitrogens is 5. The first-order valence-electron chi connectivity index (χ1n) is 10.1. The van der Waals surface area contributed by atoms with Crippen molar-refractivity contribution in [1.82, 2.24) is 24.9 Å². The molecule has 8 nitrogen and oxygen atoms in total. The lowest BCUT2D eigenvalue weighted by atomic mass is 10.1. The van der Waals surface area contributed by atoms with E-state index in [0.717, 1.165) is 6.07 Å². The van der Waals surface area contributed by atoms with E-state index in [9.17, 15) is 17.6 Å². The first-order chi connectivity index (χ1) is 16.9. The van der Waals surface area contributed by atoms with Crippen molar-refractivity contribution >= 4 is 0 Å². The Labute approximate surface area is 195 Å². The average Bonchev–Trinajstić information content (AvgIpc) is 3.47. The molecule has 0 bridgehead atoms. The fourth-order valence-electron chi connectivity index (χ4n) is 3.45. The Kier molecular flexibility index (Phi) is 5.77. The highest BCUT2D eigenvalue weighted by Gasteiger charge is 2.19. The van der Waals surface area contributed by atoms with Gasteiger partial charge in [0.05, 0.1) is 25.1 Å². The zero-order valence-electron chi connectivity index (χ0n) is 18.0. The summed E-state index contributed by atoms with van der Waals surface area (Å²) >= 11 is 0. The van der Waals surface area contributed by atoms with Crippen LogP contribution in [0.4, 0.5) is 17.6 Å². The first kappa shape index (κ1) is 22.3. The molecule has 0 unspecified atom stereocenters. The van der Waals surface area contributed by atoms with Gasteiger partial charge in [-0.1, -0.05) is 11.2 Å². The maximum atomic E-state index is 14.1. The Bertz CT molecular complexity index is 1470. The van der Waals surface area contributed by atoms with Gasteiger partial charge in [0.15, 0.2) is 34.7 Å². The van der Waals surface area contributed by atoms with Crippen molar-refractivity contribution in [3.63, 3.8) is 0 Å². The normalized spacial score (nSPS) is 11.4. The van der Waals surface area contributed by atoms with Crippen LogP contribution < -0.4 is 9.47 Å². The summed E-state index contributed by atoms with van der Waals surface area (Å²) in [5, 5.41) is 8.26. The van der Waals surface area contributed by atoms with Gasteiger partial charge in [-0.05, 0) is 30.3 Å². The Morgan fingerprint density at radius 2 is 1.83 bits per heavy atom. The summed E-state index contributed by atoms with van der Waals surface area (Å²) in [6.45, 7) is -2.80. The molecule has 0 radical (unpaired) electrons. The number of imidazole rings is 1. The van der Waals surface area contributed by atoms with E-state index >= 15 is 0 Å². The number of benzene rings is 2. The van der Waals surface area contributed by atoms with E-state index in [0.29, 0.717) is 28.4 Å². The van der Waals surface area contributed by atoms with Crippen LogP contribution in [-0.4, -0.2) is 38.6 Å². The minimum Gasteiger partial charge on any atom is -0.493 e. The number of alkyl halides is 2. The second-order valence-electron chi connectivity index (χ2n) is 7.31. The van der Waals surface area contributed by atoms with Crippen molar-refractivity contribution in [1.29, 1.82) is 0 Å². The lowest BCUT2D eigenvalue weighted by molar-refractivity contribution is -0.0512. The largest absolute Gasteiger partial charge is 0.493 e. The molecular weight excluding hydrogens is 470 g/mol. The van der Waals surface area contributed by atoms with Gasteiger partial charge in [0, 0.05) is 11.6 Å². The van der Waals surface area contributed by atoms with Gasteiger partial charge in [0.2, 0.25) is 0 Å². The molecule has 2 aromatic carbocycles. The number of fused-ring (bicyclic) bond motifs is 1.